The third-order valence-electron chi connectivity index (χ3n) is 5.81. The van der Waals surface area contributed by atoms with Crippen LogP contribution in [0.3, 0.4) is 0 Å². The number of amides is 1. The number of carbonyl (C=O) groups is 1. The molecule has 5 nitrogen and oxygen atoms in total. The molecule has 1 aliphatic rings. The van der Waals surface area contributed by atoms with Gasteiger partial charge in [-0.3, -0.25) is 9.48 Å². The van der Waals surface area contributed by atoms with E-state index in [4.69, 9.17) is 4.74 Å². The molecular formula is C25H29N3O2. The Labute approximate surface area is 178 Å². The zero-order valence-electron chi connectivity index (χ0n) is 17.9. The minimum Gasteiger partial charge on any atom is -0.496 e. The molecule has 0 radical (unpaired) electrons. The fraction of sp³-hybridized carbons (Fsp3) is 0.360. The summed E-state index contributed by atoms with van der Waals surface area (Å²) < 4.78 is 7.48. The number of ether oxygens (including phenoxy) is 1. The van der Waals surface area contributed by atoms with Crippen LogP contribution in [0.2, 0.25) is 0 Å². The SMILES string of the molecule is COc1ccccc1CC(=O)N[C@H]1CC(C)(C)Cc2c1cnn2Cc1ccccc1. The highest BCUT2D eigenvalue weighted by atomic mass is 16.5. The monoisotopic (exact) mass is 403 g/mol. The van der Waals surface area contributed by atoms with Crippen LogP contribution in [0.5, 0.6) is 5.75 Å². The first-order valence-corrected chi connectivity index (χ1v) is 10.4. The predicted molar refractivity (Wildman–Crippen MR) is 117 cm³/mol. The topological polar surface area (TPSA) is 56.1 Å². The van der Waals surface area contributed by atoms with Gasteiger partial charge in [-0.2, -0.15) is 5.10 Å². The maximum Gasteiger partial charge on any atom is 0.225 e. The number of hydrogen-bond donors (Lipinski definition) is 1. The van der Waals surface area contributed by atoms with Crippen LogP contribution in [-0.2, 0) is 24.2 Å². The number of methoxy groups -OCH3 is 1. The minimum absolute atomic E-state index is 0.00367. The summed E-state index contributed by atoms with van der Waals surface area (Å²) in [5.74, 6) is 0.747. The highest BCUT2D eigenvalue weighted by Crippen LogP contribution is 2.41. The lowest BCUT2D eigenvalue weighted by molar-refractivity contribution is -0.121. The Bertz CT molecular complexity index is 1020. The standard InChI is InChI=1S/C25H29N3O2/c1-25(2)14-21(27-24(29)13-19-11-7-8-12-23(19)30-3)20-16-26-28(22(20)15-25)17-18-9-5-4-6-10-18/h4-12,16,21H,13-15,17H2,1-3H3,(H,27,29)/t21-/m0/s1. The Kier molecular flexibility index (Phi) is 5.62. The number of para-hydroxylation sites is 1. The molecule has 0 fully saturated rings. The molecule has 1 heterocycles. The van der Waals surface area contributed by atoms with Crippen molar-refractivity contribution < 1.29 is 9.53 Å². The van der Waals surface area contributed by atoms with Gasteiger partial charge in [-0.1, -0.05) is 62.4 Å². The molecule has 0 unspecified atom stereocenters. The molecule has 1 aromatic heterocycles. The predicted octanol–water partition coefficient (Wildman–Crippen LogP) is 4.31. The van der Waals surface area contributed by atoms with Gasteiger partial charge in [0, 0.05) is 16.8 Å². The van der Waals surface area contributed by atoms with Crippen molar-refractivity contribution in [3.63, 3.8) is 0 Å². The van der Waals surface area contributed by atoms with Gasteiger partial charge in [0.15, 0.2) is 0 Å². The zero-order chi connectivity index (χ0) is 21.1. The molecule has 0 saturated carbocycles. The number of nitrogens with zero attached hydrogens (tertiary/aromatic N) is 2. The average molecular weight is 404 g/mol. The summed E-state index contributed by atoms with van der Waals surface area (Å²) in [6, 6.07) is 18.0. The van der Waals surface area contributed by atoms with Crippen LogP contribution in [0.1, 0.15) is 48.7 Å². The van der Waals surface area contributed by atoms with Gasteiger partial charge in [0.25, 0.3) is 0 Å². The molecule has 1 N–H and O–H groups in total. The van der Waals surface area contributed by atoms with Crippen LogP contribution in [0.15, 0.2) is 60.8 Å². The first kappa shape index (κ1) is 20.2. The summed E-state index contributed by atoms with van der Waals surface area (Å²) in [5.41, 5.74) is 4.57. The summed E-state index contributed by atoms with van der Waals surface area (Å²) in [5, 5.41) is 7.93. The number of hydrogen-bond acceptors (Lipinski definition) is 3. The summed E-state index contributed by atoms with van der Waals surface area (Å²) in [4.78, 5) is 12.9. The first-order chi connectivity index (χ1) is 14.4. The van der Waals surface area contributed by atoms with Crippen molar-refractivity contribution in [3.05, 3.63) is 83.2 Å². The summed E-state index contributed by atoms with van der Waals surface area (Å²) in [6.45, 7) is 5.26. The number of fused-ring (bicyclic) bond motifs is 1. The van der Waals surface area contributed by atoms with Gasteiger partial charge in [-0.25, -0.2) is 0 Å². The van der Waals surface area contributed by atoms with E-state index in [1.54, 1.807) is 7.11 Å². The number of nitrogens with one attached hydrogen (secondary N) is 1. The Balaban J connectivity index is 1.54. The van der Waals surface area contributed by atoms with E-state index in [-0.39, 0.29) is 17.4 Å². The smallest absolute Gasteiger partial charge is 0.225 e. The Morgan fingerprint density at radius 3 is 2.67 bits per heavy atom. The van der Waals surface area contributed by atoms with Gasteiger partial charge in [-0.15, -0.1) is 0 Å². The van der Waals surface area contributed by atoms with E-state index in [2.05, 4.69) is 53.2 Å². The fourth-order valence-corrected chi connectivity index (χ4v) is 4.39. The molecule has 4 rings (SSSR count). The van der Waals surface area contributed by atoms with Crippen molar-refractivity contribution in [1.82, 2.24) is 15.1 Å². The van der Waals surface area contributed by atoms with Crippen LogP contribution in [0, 0.1) is 5.41 Å². The van der Waals surface area contributed by atoms with E-state index in [1.807, 2.05) is 36.5 Å². The highest BCUT2D eigenvalue weighted by molar-refractivity contribution is 5.79. The molecule has 0 bridgehead atoms. The second-order valence-corrected chi connectivity index (χ2v) is 8.84. The maximum atomic E-state index is 12.9. The van der Waals surface area contributed by atoms with Gasteiger partial charge in [0.05, 0.1) is 32.3 Å². The van der Waals surface area contributed by atoms with E-state index in [1.165, 1.54) is 11.3 Å². The molecule has 1 atom stereocenters. The molecular weight excluding hydrogens is 374 g/mol. The fourth-order valence-electron chi connectivity index (χ4n) is 4.39. The number of carbonyl (C=O) groups excluding carboxylic acids is 1. The largest absolute Gasteiger partial charge is 0.496 e. The normalized spacial score (nSPS) is 17.2. The molecule has 1 aliphatic carbocycles. The molecule has 0 aliphatic heterocycles. The van der Waals surface area contributed by atoms with Gasteiger partial charge >= 0.3 is 0 Å². The highest BCUT2D eigenvalue weighted by Gasteiger charge is 2.35. The molecule has 0 saturated heterocycles. The van der Waals surface area contributed by atoms with E-state index < -0.39 is 0 Å². The van der Waals surface area contributed by atoms with Gasteiger partial charge in [-0.05, 0) is 29.9 Å². The molecule has 30 heavy (non-hydrogen) atoms. The van der Waals surface area contributed by atoms with Gasteiger partial charge in [0.2, 0.25) is 5.91 Å². The third-order valence-corrected chi connectivity index (χ3v) is 5.81. The molecule has 2 aromatic carbocycles. The summed E-state index contributed by atoms with van der Waals surface area (Å²) in [7, 11) is 1.63. The summed E-state index contributed by atoms with van der Waals surface area (Å²) in [6.07, 6.45) is 4.08. The van der Waals surface area contributed by atoms with Gasteiger partial charge < -0.3 is 10.1 Å². The van der Waals surface area contributed by atoms with Crippen molar-refractivity contribution in [2.45, 2.75) is 45.7 Å². The molecule has 5 heteroatoms. The quantitative estimate of drug-likeness (QED) is 0.667. The van der Waals surface area contributed by atoms with Crippen LogP contribution in [0.25, 0.3) is 0 Å². The summed E-state index contributed by atoms with van der Waals surface area (Å²) >= 11 is 0. The van der Waals surface area contributed by atoms with E-state index >= 15 is 0 Å². The van der Waals surface area contributed by atoms with Crippen LogP contribution in [-0.4, -0.2) is 22.8 Å². The lowest BCUT2D eigenvalue weighted by Gasteiger charge is -2.36. The molecule has 156 valence electrons. The Morgan fingerprint density at radius 2 is 1.90 bits per heavy atom. The van der Waals surface area contributed by atoms with Crippen molar-refractivity contribution in [3.8, 4) is 5.75 Å². The Morgan fingerprint density at radius 1 is 1.17 bits per heavy atom. The lowest BCUT2D eigenvalue weighted by Crippen LogP contribution is -2.37. The van der Waals surface area contributed by atoms with Gasteiger partial charge in [0.1, 0.15) is 5.75 Å². The number of aromatic nitrogens is 2. The number of benzene rings is 2. The van der Waals surface area contributed by atoms with Crippen LogP contribution < -0.4 is 10.1 Å². The first-order valence-electron chi connectivity index (χ1n) is 10.4. The molecule has 3 aromatic rings. The van der Waals surface area contributed by atoms with Crippen molar-refractivity contribution >= 4 is 5.91 Å². The molecule has 0 spiro atoms. The molecule has 1 amide bonds. The van der Waals surface area contributed by atoms with Crippen LogP contribution in [0.4, 0.5) is 0 Å². The lowest BCUT2D eigenvalue weighted by atomic mass is 9.74. The number of rotatable bonds is 6. The van der Waals surface area contributed by atoms with Crippen molar-refractivity contribution in [1.29, 1.82) is 0 Å². The second kappa shape index (κ2) is 8.34. The maximum absolute atomic E-state index is 12.9. The third kappa shape index (κ3) is 4.40. The van der Waals surface area contributed by atoms with Crippen molar-refractivity contribution in [2.24, 2.45) is 5.41 Å². The Hall–Kier alpha value is -3.08. The van der Waals surface area contributed by atoms with E-state index in [0.717, 1.165) is 36.3 Å². The average Bonchev–Trinajstić information content (AvgIpc) is 3.10. The minimum atomic E-state index is -0.0320. The van der Waals surface area contributed by atoms with E-state index in [9.17, 15) is 4.79 Å². The zero-order valence-corrected chi connectivity index (χ0v) is 17.9. The van der Waals surface area contributed by atoms with E-state index in [0.29, 0.717) is 6.42 Å². The van der Waals surface area contributed by atoms with Crippen molar-refractivity contribution in [2.75, 3.05) is 7.11 Å². The van der Waals surface area contributed by atoms with Crippen LogP contribution >= 0.6 is 0 Å². The second-order valence-electron chi connectivity index (χ2n) is 8.84.